The summed E-state index contributed by atoms with van der Waals surface area (Å²) in [5.41, 5.74) is 10.1. The molecule has 1 heterocycles. The molecule has 0 saturated heterocycles. The molecule has 3 heteroatoms. The largest absolute Gasteiger partial charge is 0.399 e. The molecule has 1 amide bonds. The zero-order valence-corrected chi connectivity index (χ0v) is 12.3. The molecule has 1 aliphatic heterocycles. The maximum Gasteiger partial charge on any atom is 0.227 e. The predicted octanol–water partition coefficient (Wildman–Crippen LogP) is 2.96. The van der Waals surface area contributed by atoms with E-state index >= 15 is 0 Å². The number of carbonyl (C=O) groups excluding carboxylic acids is 1. The first-order valence-electron chi connectivity index (χ1n) is 7.37. The lowest BCUT2D eigenvalue weighted by molar-refractivity contribution is -0.133. The molecule has 108 valence electrons. The molecule has 0 radical (unpaired) electrons. The normalized spacial score (nSPS) is 17.4. The van der Waals surface area contributed by atoms with Gasteiger partial charge in [0, 0.05) is 12.2 Å². The van der Waals surface area contributed by atoms with Gasteiger partial charge in [-0.05, 0) is 42.2 Å². The summed E-state index contributed by atoms with van der Waals surface area (Å²) in [6.45, 7) is 2.91. The number of fused-ring (bicyclic) bond motifs is 1. The van der Waals surface area contributed by atoms with Crippen molar-refractivity contribution in [3.8, 4) is 0 Å². The van der Waals surface area contributed by atoms with E-state index < -0.39 is 0 Å². The summed E-state index contributed by atoms with van der Waals surface area (Å²) in [6, 6.07) is 16.1. The van der Waals surface area contributed by atoms with E-state index in [1.807, 2.05) is 35.2 Å². The minimum Gasteiger partial charge on any atom is -0.399 e. The summed E-state index contributed by atoms with van der Waals surface area (Å²) < 4.78 is 0. The molecule has 0 aromatic heterocycles. The Labute approximate surface area is 125 Å². The molecule has 3 nitrogen and oxygen atoms in total. The third-order valence-electron chi connectivity index (χ3n) is 4.25. The zero-order chi connectivity index (χ0) is 14.8. The fraction of sp³-hybridized carbons (Fsp3) is 0.278. The molecule has 1 aliphatic rings. The standard InChI is InChI=1S/C18H20N2O/c1-13-17-5-3-2-4-15(17)10-11-20(13)18(21)12-14-6-8-16(19)9-7-14/h2-9,13H,10-12,19H2,1H3. The van der Waals surface area contributed by atoms with Crippen LogP contribution in [0.2, 0.25) is 0 Å². The van der Waals surface area contributed by atoms with E-state index in [2.05, 4.69) is 25.1 Å². The van der Waals surface area contributed by atoms with Crippen LogP contribution < -0.4 is 5.73 Å². The first-order valence-corrected chi connectivity index (χ1v) is 7.37. The van der Waals surface area contributed by atoms with E-state index in [1.54, 1.807) is 0 Å². The molecule has 21 heavy (non-hydrogen) atoms. The van der Waals surface area contributed by atoms with Crippen LogP contribution in [-0.2, 0) is 17.6 Å². The van der Waals surface area contributed by atoms with E-state index in [1.165, 1.54) is 11.1 Å². The molecule has 0 saturated carbocycles. The van der Waals surface area contributed by atoms with Crippen LogP contribution in [-0.4, -0.2) is 17.4 Å². The SMILES string of the molecule is CC1c2ccccc2CCN1C(=O)Cc1ccc(N)cc1. The van der Waals surface area contributed by atoms with Gasteiger partial charge >= 0.3 is 0 Å². The number of nitrogens with two attached hydrogens (primary N) is 1. The van der Waals surface area contributed by atoms with Gasteiger partial charge in [-0.25, -0.2) is 0 Å². The van der Waals surface area contributed by atoms with Crippen LogP contribution in [0.15, 0.2) is 48.5 Å². The number of carbonyl (C=O) groups is 1. The van der Waals surface area contributed by atoms with Crippen molar-refractivity contribution in [3.63, 3.8) is 0 Å². The Morgan fingerprint density at radius 3 is 2.67 bits per heavy atom. The summed E-state index contributed by atoms with van der Waals surface area (Å²) in [5, 5.41) is 0. The Morgan fingerprint density at radius 1 is 1.19 bits per heavy atom. The molecule has 0 bridgehead atoms. The molecule has 2 aromatic rings. The van der Waals surface area contributed by atoms with E-state index in [0.717, 1.165) is 24.2 Å². The lowest BCUT2D eigenvalue weighted by Crippen LogP contribution is -2.39. The number of nitrogen functional groups attached to an aromatic ring is 1. The van der Waals surface area contributed by atoms with Crippen molar-refractivity contribution in [1.29, 1.82) is 0 Å². The lowest BCUT2D eigenvalue weighted by atomic mass is 9.93. The first-order chi connectivity index (χ1) is 10.1. The number of amides is 1. The quantitative estimate of drug-likeness (QED) is 0.860. The predicted molar refractivity (Wildman–Crippen MR) is 84.8 cm³/mol. The fourth-order valence-corrected chi connectivity index (χ4v) is 3.02. The maximum absolute atomic E-state index is 12.6. The molecule has 0 fully saturated rings. The Hall–Kier alpha value is -2.29. The van der Waals surface area contributed by atoms with E-state index in [4.69, 9.17) is 5.73 Å². The fourth-order valence-electron chi connectivity index (χ4n) is 3.02. The van der Waals surface area contributed by atoms with Crippen molar-refractivity contribution < 1.29 is 4.79 Å². The second kappa shape index (κ2) is 5.60. The summed E-state index contributed by atoms with van der Waals surface area (Å²) >= 11 is 0. The number of nitrogens with zero attached hydrogens (tertiary/aromatic N) is 1. The first kappa shape index (κ1) is 13.7. The highest BCUT2D eigenvalue weighted by Crippen LogP contribution is 2.29. The number of hydrogen-bond acceptors (Lipinski definition) is 2. The molecule has 3 rings (SSSR count). The van der Waals surface area contributed by atoms with Crippen LogP contribution in [0.3, 0.4) is 0 Å². The molecule has 1 unspecified atom stereocenters. The van der Waals surface area contributed by atoms with Gasteiger partial charge in [0.15, 0.2) is 0 Å². The van der Waals surface area contributed by atoms with Crippen molar-refractivity contribution in [1.82, 2.24) is 4.90 Å². The molecule has 2 aromatic carbocycles. The van der Waals surface area contributed by atoms with Crippen molar-refractivity contribution in [2.45, 2.75) is 25.8 Å². The summed E-state index contributed by atoms with van der Waals surface area (Å²) in [5.74, 6) is 0.182. The average molecular weight is 280 g/mol. The second-order valence-corrected chi connectivity index (χ2v) is 5.63. The minimum atomic E-state index is 0.149. The molecular formula is C18H20N2O. The number of hydrogen-bond donors (Lipinski definition) is 1. The van der Waals surface area contributed by atoms with Crippen molar-refractivity contribution >= 4 is 11.6 Å². The van der Waals surface area contributed by atoms with Gasteiger partial charge in [0.1, 0.15) is 0 Å². The van der Waals surface area contributed by atoms with E-state index in [9.17, 15) is 4.79 Å². The van der Waals surface area contributed by atoms with E-state index in [-0.39, 0.29) is 11.9 Å². The molecule has 0 aliphatic carbocycles. The highest BCUT2D eigenvalue weighted by atomic mass is 16.2. The van der Waals surface area contributed by atoms with Crippen molar-refractivity contribution in [2.24, 2.45) is 0 Å². The Balaban J connectivity index is 1.75. The Bertz CT molecular complexity index is 649. The lowest BCUT2D eigenvalue weighted by Gasteiger charge is -2.35. The zero-order valence-electron chi connectivity index (χ0n) is 12.3. The average Bonchev–Trinajstić information content (AvgIpc) is 2.50. The second-order valence-electron chi connectivity index (χ2n) is 5.63. The summed E-state index contributed by atoms with van der Waals surface area (Å²) in [6.07, 6.45) is 1.38. The van der Waals surface area contributed by atoms with E-state index in [0.29, 0.717) is 6.42 Å². The molecule has 0 spiro atoms. The molecule has 2 N–H and O–H groups in total. The van der Waals surface area contributed by atoms with Gasteiger partial charge < -0.3 is 10.6 Å². The smallest absolute Gasteiger partial charge is 0.227 e. The van der Waals surface area contributed by atoms with Crippen LogP contribution in [0.25, 0.3) is 0 Å². The Morgan fingerprint density at radius 2 is 1.90 bits per heavy atom. The van der Waals surface area contributed by atoms with Crippen molar-refractivity contribution in [3.05, 3.63) is 65.2 Å². The summed E-state index contributed by atoms with van der Waals surface area (Å²) in [7, 11) is 0. The monoisotopic (exact) mass is 280 g/mol. The van der Waals surface area contributed by atoms with Gasteiger partial charge in [-0.15, -0.1) is 0 Å². The van der Waals surface area contributed by atoms with Gasteiger partial charge in [0.2, 0.25) is 5.91 Å². The molecule has 1 atom stereocenters. The van der Waals surface area contributed by atoms with Crippen LogP contribution in [0.5, 0.6) is 0 Å². The van der Waals surface area contributed by atoms with Gasteiger partial charge in [0.25, 0.3) is 0 Å². The van der Waals surface area contributed by atoms with Crippen LogP contribution >= 0.6 is 0 Å². The highest BCUT2D eigenvalue weighted by Gasteiger charge is 2.26. The van der Waals surface area contributed by atoms with Gasteiger partial charge in [-0.2, -0.15) is 0 Å². The highest BCUT2D eigenvalue weighted by molar-refractivity contribution is 5.79. The third-order valence-corrected chi connectivity index (χ3v) is 4.25. The number of benzene rings is 2. The minimum absolute atomic E-state index is 0.149. The number of rotatable bonds is 2. The van der Waals surface area contributed by atoms with Gasteiger partial charge in [-0.1, -0.05) is 36.4 Å². The topological polar surface area (TPSA) is 46.3 Å². The van der Waals surface area contributed by atoms with Crippen LogP contribution in [0, 0.1) is 0 Å². The number of anilines is 1. The molecular weight excluding hydrogens is 260 g/mol. The Kier molecular flexibility index (Phi) is 3.65. The van der Waals surface area contributed by atoms with Gasteiger partial charge in [0.05, 0.1) is 12.5 Å². The summed E-state index contributed by atoms with van der Waals surface area (Å²) in [4.78, 5) is 14.6. The van der Waals surface area contributed by atoms with Gasteiger partial charge in [-0.3, -0.25) is 4.79 Å². The van der Waals surface area contributed by atoms with Crippen LogP contribution in [0.4, 0.5) is 5.69 Å². The van der Waals surface area contributed by atoms with Crippen molar-refractivity contribution in [2.75, 3.05) is 12.3 Å². The van der Waals surface area contributed by atoms with Crippen LogP contribution in [0.1, 0.15) is 29.7 Å². The third kappa shape index (κ3) is 2.77. The maximum atomic E-state index is 12.6.